The zero-order valence-electron chi connectivity index (χ0n) is 22.4. The molecule has 3 nitrogen and oxygen atoms in total. The number of fused-ring (bicyclic) bond motifs is 1. The predicted octanol–water partition coefficient (Wildman–Crippen LogP) is 8.77. The van der Waals surface area contributed by atoms with Gasteiger partial charge in [0.25, 0.3) is 6.43 Å². The highest BCUT2D eigenvalue weighted by molar-refractivity contribution is 7.20. The number of hydrogen-bond acceptors (Lipinski definition) is 4. The average Bonchev–Trinajstić information content (AvgIpc) is 3.20. The largest absolute Gasteiger partial charge is 0.487 e. The first-order valence-electron chi connectivity index (χ1n) is 12.2. The molecular formula is C30H36F2O3S. The number of allylic oxidation sites excluding steroid dienone is 1. The van der Waals surface area contributed by atoms with Gasteiger partial charge < -0.3 is 9.47 Å². The summed E-state index contributed by atoms with van der Waals surface area (Å²) in [6.07, 6.45) is -1.07. The molecule has 0 aliphatic carbocycles. The lowest BCUT2D eigenvalue weighted by atomic mass is 9.76. The molecule has 0 N–H and O–H groups in total. The van der Waals surface area contributed by atoms with Gasteiger partial charge in [-0.05, 0) is 65.1 Å². The fraction of sp³-hybridized carbons (Fsp3) is 0.433. The quantitative estimate of drug-likeness (QED) is 0.233. The number of halogens is 2. The van der Waals surface area contributed by atoms with Gasteiger partial charge in [0.15, 0.2) is 0 Å². The molecule has 3 rings (SSSR count). The molecule has 0 aliphatic heterocycles. The molecule has 0 fully saturated rings. The van der Waals surface area contributed by atoms with Crippen molar-refractivity contribution in [3.05, 3.63) is 58.5 Å². The third-order valence-electron chi connectivity index (χ3n) is 5.98. The third kappa shape index (κ3) is 6.33. The SMILES string of the molecule is CCOC(=O)/C=C(\C)c1cc2c(-c3c(OCC(F)F)cc(C(C)(C)C)cc3C(C)(C)C)cccc2s1. The van der Waals surface area contributed by atoms with Crippen LogP contribution in [0, 0.1) is 0 Å². The van der Waals surface area contributed by atoms with Crippen molar-refractivity contribution in [2.45, 2.75) is 72.6 Å². The minimum Gasteiger partial charge on any atom is -0.487 e. The van der Waals surface area contributed by atoms with E-state index in [-0.39, 0.29) is 16.8 Å². The van der Waals surface area contributed by atoms with Crippen molar-refractivity contribution in [2.24, 2.45) is 0 Å². The van der Waals surface area contributed by atoms with Crippen LogP contribution in [0.25, 0.3) is 26.8 Å². The Morgan fingerprint density at radius 1 is 1.06 bits per heavy atom. The number of rotatable bonds is 7. The van der Waals surface area contributed by atoms with Gasteiger partial charge in [-0.1, -0.05) is 59.7 Å². The summed E-state index contributed by atoms with van der Waals surface area (Å²) in [6.45, 7) is 16.0. The summed E-state index contributed by atoms with van der Waals surface area (Å²) in [7, 11) is 0. The van der Waals surface area contributed by atoms with Crippen molar-refractivity contribution in [3.8, 4) is 16.9 Å². The summed E-state index contributed by atoms with van der Waals surface area (Å²) in [4.78, 5) is 12.9. The van der Waals surface area contributed by atoms with Gasteiger partial charge in [-0.15, -0.1) is 11.3 Å². The molecule has 0 saturated carbocycles. The lowest BCUT2D eigenvalue weighted by Crippen LogP contribution is -2.19. The number of thiophene rings is 1. The van der Waals surface area contributed by atoms with E-state index in [1.807, 2.05) is 31.2 Å². The summed E-state index contributed by atoms with van der Waals surface area (Å²) in [5.41, 5.74) is 4.20. The van der Waals surface area contributed by atoms with Gasteiger partial charge >= 0.3 is 5.97 Å². The molecule has 6 heteroatoms. The van der Waals surface area contributed by atoms with E-state index in [9.17, 15) is 13.6 Å². The van der Waals surface area contributed by atoms with E-state index in [1.165, 1.54) is 6.08 Å². The van der Waals surface area contributed by atoms with E-state index >= 15 is 0 Å². The van der Waals surface area contributed by atoms with Gasteiger partial charge in [0.2, 0.25) is 0 Å². The fourth-order valence-corrected chi connectivity index (χ4v) is 5.15. The number of hydrogen-bond donors (Lipinski definition) is 0. The minimum atomic E-state index is -2.58. The molecule has 194 valence electrons. The van der Waals surface area contributed by atoms with Gasteiger partial charge in [0.1, 0.15) is 12.4 Å². The Labute approximate surface area is 217 Å². The number of alkyl halides is 2. The first-order chi connectivity index (χ1) is 16.7. The van der Waals surface area contributed by atoms with Gasteiger partial charge in [-0.25, -0.2) is 13.6 Å². The fourth-order valence-electron chi connectivity index (χ4n) is 4.09. The number of carbonyl (C=O) groups excluding carboxylic acids is 1. The summed E-state index contributed by atoms with van der Waals surface area (Å²) >= 11 is 1.58. The van der Waals surface area contributed by atoms with Crippen molar-refractivity contribution in [2.75, 3.05) is 13.2 Å². The average molecular weight is 515 g/mol. The summed E-state index contributed by atoms with van der Waals surface area (Å²) in [6, 6.07) is 12.2. The van der Waals surface area contributed by atoms with Crippen LogP contribution in [0.1, 0.15) is 71.4 Å². The Hall–Kier alpha value is -2.73. The molecule has 36 heavy (non-hydrogen) atoms. The van der Waals surface area contributed by atoms with Crippen LogP contribution in [0.4, 0.5) is 8.78 Å². The van der Waals surface area contributed by atoms with Crippen LogP contribution in [0.3, 0.4) is 0 Å². The van der Waals surface area contributed by atoms with Crippen LogP contribution in [0.15, 0.2) is 42.5 Å². The summed E-state index contributed by atoms with van der Waals surface area (Å²) in [5, 5.41) is 0.991. The van der Waals surface area contributed by atoms with Crippen LogP contribution >= 0.6 is 11.3 Å². The Morgan fingerprint density at radius 2 is 1.75 bits per heavy atom. The van der Waals surface area contributed by atoms with E-state index in [1.54, 1.807) is 18.3 Å². The van der Waals surface area contributed by atoms with Crippen molar-refractivity contribution in [3.63, 3.8) is 0 Å². The second-order valence-electron chi connectivity index (χ2n) is 11.0. The number of esters is 1. The standard InChI is InChI=1S/C30H36F2O3S/c1-9-34-27(33)13-18(2)25-16-21-20(11-10-12-24(21)36-25)28-22(30(6,7)8)14-19(29(3,4)5)15-23(28)35-17-26(31)32/h10-16,26H,9,17H2,1-8H3/b18-13+. The molecule has 0 radical (unpaired) electrons. The van der Waals surface area contributed by atoms with Crippen molar-refractivity contribution < 1.29 is 23.0 Å². The zero-order chi connectivity index (χ0) is 26.8. The van der Waals surface area contributed by atoms with E-state index in [2.05, 4.69) is 53.7 Å². The highest BCUT2D eigenvalue weighted by Gasteiger charge is 2.28. The molecule has 0 bridgehead atoms. The zero-order valence-corrected chi connectivity index (χ0v) is 23.2. The van der Waals surface area contributed by atoms with Crippen molar-refractivity contribution in [1.29, 1.82) is 0 Å². The van der Waals surface area contributed by atoms with Crippen LogP contribution in [0.5, 0.6) is 5.75 Å². The monoisotopic (exact) mass is 514 g/mol. The van der Waals surface area contributed by atoms with E-state index in [0.29, 0.717) is 12.4 Å². The first-order valence-corrected chi connectivity index (χ1v) is 13.0. The molecule has 0 amide bonds. The molecule has 0 unspecified atom stereocenters. The topological polar surface area (TPSA) is 35.5 Å². The molecular weight excluding hydrogens is 478 g/mol. The van der Waals surface area contributed by atoms with Gasteiger partial charge in [-0.3, -0.25) is 0 Å². The van der Waals surface area contributed by atoms with Gasteiger partial charge in [-0.2, -0.15) is 0 Å². The Kier molecular flexibility index (Phi) is 8.29. The highest BCUT2D eigenvalue weighted by atomic mass is 32.1. The maximum absolute atomic E-state index is 13.3. The van der Waals surface area contributed by atoms with E-state index in [4.69, 9.17) is 9.47 Å². The summed E-state index contributed by atoms with van der Waals surface area (Å²) < 4.78 is 38.4. The second kappa shape index (κ2) is 10.7. The van der Waals surface area contributed by atoms with Crippen LogP contribution in [-0.2, 0) is 20.4 Å². The lowest BCUT2D eigenvalue weighted by Gasteiger charge is -2.30. The van der Waals surface area contributed by atoms with Crippen LogP contribution in [0.2, 0.25) is 0 Å². The molecule has 0 saturated heterocycles. The highest BCUT2D eigenvalue weighted by Crippen LogP contribution is 2.46. The maximum Gasteiger partial charge on any atom is 0.331 e. The van der Waals surface area contributed by atoms with E-state index in [0.717, 1.165) is 42.8 Å². The first kappa shape index (κ1) is 27.9. The Balaban J connectivity index is 2.31. The number of carbonyl (C=O) groups is 1. The summed E-state index contributed by atoms with van der Waals surface area (Å²) in [5.74, 6) is 0.0924. The molecule has 1 aromatic heterocycles. The second-order valence-corrected chi connectivity index (χ2v) is 12.1. The Bertz CT molecular complexity index is 1270. The normalized spacial score (nSPS) is 12.9. The third-order valence-corrected chi connectivity index (χ3v) is 7.22. The maximum atomic E-state index is 13.3. The predicted molar refractivity (Wildman–Crippen MR) is 146 cm³/mol. The minimum absolute atomic E-state index is 0.183. The van der Waals surface area contributed by atoms with Crippen molar-refractivity contribution >= 4 is 33.0 Å². The molecule has 0 atom stereocenters. The number of benzene rings is 2. The van der Waals surface area contributed by atoms with E-state index < -0.39 is 13.0 Å². The number of ether oxygens (including phenoxy) is 2. The molecule has 2 aromatic carbocycles. The smallest absolute Gasteiger partial charge is 0.331 e. The molecule has 3 aromatic rings. The van der Waals surface area contributed by atoms with Gasteiger partial charge in [0.05, 0.1) is 6.61 Å². The Morgan fingerprint density at radius 3 is 2.33 bits per heavy atom. The molecule has 1 heterocycles. The molecule has 0 spiro atoms. The van der Waals surface area contributed by atoms with Gasteiger partial charge in [0, 0.05) is 26.6 Å². The molecule has 0 aliphatic rings. The van der Waals surface area contributed by atoms with Crippen LogP contribution in [-0.4, -0.2) is 25.6 Å². The van der Waals surface area contributed by atoms with Crippen LogP contribution < -0.4 is 4.74 Å². The van der Waals surface area contributed by atoms with Crippen molar-refractivity contribution in [1.82, 2.24) is 0 Å². The lowest BCUT2D eigenvalue weighted by molar-refractivity contribution is -0.137.